The van der Waals surface area contributed by atoms with E-state index in [1.165, 1.54) is 0 Å². The maximum absolute atomic E-state index is 13.5. The van der Waals surface area contributed by atoms with Crippen molar-refractivity contribution in [2.75, 3.05) is 6.54 Å². The quantitative estimate of drug-likeness (QED) is 0.823. The molecule has 1 aromatic carbocycles. The van der Waals surface area contributed by atoms with Crippen molar-refractivity contribution in [2.45, 2.75) is 26.3 Å². The van der Waals surface area contributed by atoms with E-state index in [2.05, 4.69) is 5.32 Å². The average molecular weight is 257 g/mol. The van der Waals surface area contributed by atoms with Crippen molar-refractivity contribution in [3.8, 4) is 0 Å². The number of hydrogen-bond donors (Lipinski definition) is 2. The molecule has 0 aromatic heterocycles. The highest BCUT2D eigenvalue weighted by atomic mass is 19.1. The predicted octanol–water partition coefficient (Wildman–Crippen LogP) is 2.73. The Balaban J connectivity index is 2.81. The molecule has 18 heavy (non-hydrogen) atoms. The third-order valence-electron chi connectivity index (χ3n) is 2.59. The van der Waals surface area contributed by atoms with E-state index in [4.69, 9.17) is 5.11 Å². The maximum Gasteiger partial charge on any atom is 0.325 e. The molecule has 100 valence electrons. The average Bonchev–Trinajstić information content (AvgIpc) is 2.25. The Bertz CT molecular complexity index is 421. The Labute approximate surface area is 105 Å². The molecular formula is C13H17F2NO2. The molecule has 0 fully saturated rings. The first-order chi connectivity index (χ1) is 8.41. The first kappa shape index (κ1) is 14.6. The third kappa shape index (κ3) is 4.07. The van der Waals surface area contributed by atoms with Crippen molar-refractivity contribution in [1.29, 1.82) is 0 Å². The normalized spacial score (nSPS) is 12.7. The molecule has 1 atom stereocenters. The van der Waals surface area contributed by atoms with E-state index in [9.17, 15) is 13.6 Å². The van der Waals surface area contributed by atoms with Crippen molar-refractivity contribution >= 4 is 5.97 Å². The SMILES string of the molecule is CC(C)CCNC(C(=O)O)c1ccc(F)cc1F. The fourth-order valence-corrected chi connectivity index (χ4v) is 1.58. The van der Waals surface area contributed by atoms with E-state index in [1.54, 1.807) is 0 Å². The van der Waals surface area contributed by atoms with Gasteiger partial charge in [0.1, 0.15) is 17.7 Å². The zero-order valence-corrected chi connectivity index (χ0v) is 10.4. The molecule has 1 rings (SSSR count). The second-order valence-corrected chi connectivity index (χ2v) is 4.57. The standard InChI is InChI=1S/C13H17F2NO2/c1-8(2)5-6-16-12(13(17)18)10-4-3-9(14)7-11(10)15/h3-4,7-8,12,16H,5-6H2,1-2H3,(H,17,18). The smallest absolute Gasteiger partial charge is 0.325 e. The lowest BCUT2D eigenvalue weighted by molar-refractivity contribution is -0.139. The number of halogens is 2. The molecule has 0 bridgehead atoms. The summed E-state index contributed by atoms with van der Waals surface area (Å²) in [7, 11) is 0. The number of carbonyl (C=O) groups is 1. The van der Waals surface area contributed by atoms with Gasteiger partial charge in [0.25, 0.3) is 0 Å². The van der Waals surface area contributed by atoms with Crippen LogP contribution < -0.4 is 5.32 Å². The van der Waals surface area contributed by atoms with E-state index < -0.39 is 23.6 Å². The molecule has 0 heterocycles. The number of carboxylic acid groups (broad SMARTS) is 1. The van der Waals surface area contributed by atoms with Gasteiger partial charge in [-0.1, -0.05) is 19.9 Å². The van der Waals surface area contributed by atoms with Crippen LogP contribution in [0.25, 0.3) is 0 Å². The van der Waals surface area contributed by atoms with Gasteiger partial charge in [-0.3, -0.25) is 4.79 Å². The summed E-state index contributed by atoms with van der Waals surface area (Å²) in [6.45, 7) is 4.48. The number of carboxylic acids is 1. The minimum absolute atomic E-state index is 0.0485. The molecule has 3 nitrogen and oxygen atoms in total. The fourth-order valence-electron chi connectivity index (χ4n) is 1.58. The highest BCUT2D eigenvalue weighted by Crippen LogP contribution is 2.18. The summed E-state index contributed by atoms with van der Waals surface area (Å²) in [6, 6.07) is 1.75. The first-order valence-corrected chi connectivity index (χ1v) is 5.83. The van der Waals surface area contributed by atoms with Gasteiger partial charge in [-0.05, 0) is 24.9 Å². The summed E-state index contributed by atoms with van der Waals surface area (Å²) < 4.78 is 26.3. The van der Waals surface area contributed by atoms with Crippen LogP contribution in [0.5, 0.6) is 0 Å². The molecule has 0 saturated carbocycles. The molecule has 0 amide bonds. The monoisotopic (exact) mass is 257 g/mol. The van der Waals surface area contributed by atoms with Gasteiger partial charge in [0, 0.05) is 11.6 Å². The molecule has 0 spiro atoms. The van der Waals surface area contributed by atoms with Crippen molar-refractivity contribution in [3.63, 3.8) is 0 Å². The van der Waals surface area contributed by atoms with Crippen LogP contribution in [0.4, 0.5) is 8.78 Å². The number of rotatable bonds is 6. The Kier molecular flexibility index (Phi) is 5.22. The largest absolute Gasteiger partial charge is 0.480 e. The minimum atomic E-state index is -1.18. The molecule has 5 heteroatoms. The van der Waals surface area contributed by atoms with Gasteiger partial charge in [-0.25, -0.2) is 8.78 Å². The van der Waals surface area contributed by atoms with Crippen LogP contribution in [-0.2, 0) is 4.79 Å². The lowest BCUT2D eigenvalue weighted by atomic mass is 10.1. The molecule has 0 aliphatic carbocycles. The zero-order valence-electron chi connectivity index (χ0n) is 10.4. The van der Waals surface area contributed by atoms with Crippen LogP contribution in [0.15, 0.2) is 18.2 Å². The van der Waals surface area contributed by atoms with E-state index in [0.29, 0.717) is 18.5 Å². The van der Waals surface area contributed by atoms with Crippen molar-refractivity contribution < 1.29 is 18.7 Å². The van der Waals surface area contributed by atoms with E-state index >= 15 is 0 Å². The summed E-state index contributed by atoms with van der Waals surface area (Å²) in [5, 5.41) is 11.8. The number of nitrogens with one attached hydrogen (secondary N) is 1. The molecule has 0 radical (unpaired) electrons. The lowest BCUT2D eigenvalue weighted by Gasteiger charge is -2.16. The van der Waals surface area contributed by atoms with Gasteiger partial charge in [-0.2, -0.15) is 0 Å². The molecule has 2 N–H and O–H groups in total. The molecule has 0 aliphatic heterocycles. The van der Waals surface area contributed by atoms with E-state index in [1.807, 2.05) is 13.8 Å². The third-order valence-corrected chi connectivity index (χ3v) is 2.59. The minimum Gasteiger partial charge on any atom is -0.480 e. The van der Waals surface area contributed by atoms with Gasteiger partial charge in [0.15, 0.2) is 0 Å². The fraction of sp³-hybridized carbons (Fsp3) is 0.462. The highest BCUT2D eigenvalue weighted by Gasteiger charge is 2.22. The van der Waals surface area contributed by atoms with E-state index in [0.717, 1.165) is 18.6 Å². The summed E-state index contributed by atoms with van der Waals surface area (Å²) in [5.74, 6) is -2.32. The number of aliphatic carboxylic acids is 1. The zero-order chi connectivity index (χ0) is 13.7. The van der Waals surface area contributed by atoms with Gasteiger partial charge < -0.3 is 10.4 Å². The Morgan fingerprint density at radius 2 is 2.06 bits per heavy atom. The van der Waals surface area contributed by atoms with Crippen LogP contribution >= 0.6 is 0 Å². The van der Waals surface area contributed by atoms with Crippen molar-refractivity contribution in [3.05, 3.63) is 35.4 Å². The van der Waals surface area contributed by atoms with E-state index in [-0.39, 0.29) is 5.56 Å². The number of benzene rings is 1. The lowest BCUT2D eigenvalue weighted by Crippen LogP contribution is -2.30. The van der Waals surface area contributed by atoms with Crippen molar-refractivity contribution in [1.82, 2.24) is 5.32 Å². The second kappa shape index (κ2) is 6.44. The molecule has 1 unspecified atom stereocenters. The highest BCUT2D eigenvalue weighted by molar-refractivity contribution is 5.75. The van der Waals surface area contributed by atoms with Gasteiger partial charge in [0.05, 0.1) is 0 Å². The molecular weight excluding hydrogens is 240 g/mol. The summed E-state index contributed by atoms with van der Waals surface area (Å²) >= 11 is 0. The first-order valence-electron chi connectivity index (χ1n) is 5.83. The Morgan fingerprint density at radius 3 is 2.56 bits per heavy atom. The number of hydrogen-bond acceptors (Lipinski definition) is 2. The second-order valence-electron chi connectivity index (χ2n) is 4.57. The van der Waals surface area contributed by atoms with Gasteiger partial charge in [-0.15, -0.1) is 0 Å². The molecule has 1 aromatic rings. The van der Waals surface area contributed by atoms with Crippen LogP contribution in [-0.4, -0.2) is 17.6 Å². The maximum atomic E-state index is 13.5. The Morgan fingerprint density at radius 1 is 1.39 bits per heavy atom. The van der Waals surface area contributed by atoms with Crippen molar-refractivity contribution in [2.24, 2.45) is 5.92 Å². The summed E-state index contributed by atoms with van der Waals surface area (Å²) in [4.78, 5) is 11.1. The van der Waals surface area contributed by atoms with Gasteiger partial charge in [0.2, 0.25) is 0 Å². The molecule has 0 aliphatic rings. The Hall–Kier alpha value is -1.49. The summed E-state index contributed by atoms with van der Waals surface area (Å²) in [5.41, 5.74) is -0.0485. The topological polar surface area (TPSA) is 49.3 Å². The van der Waals surface area contributed by atoms with Gasteiger partial charge >= 0.3 is 5.97 Å². The predicted molar refractivity (Wildman–Crippen MR) is 64.2 cm³/mol. The molecule has 0 saturated heterocycles. The van der Waals surface area contributed by atoms with Crippen LogP contribution in [0.3, 0.4) is 0 Å². The van der Waals surface area contributed by atoms with Crippen LogP contribution in [0.1, 0.15) is 31.9 Å². The van der Waals surface area contributed by atoms with Crippen LogP contribution in [0, 0.1) is 17.6 Å². The van der Waals surface area contributed by atoms with Crippen LogP contribution in [0.2, 0.25) is 0 Å². The summed E-state index contributed by atoms with van der Waals surface area (Å²) in [6.07, 6.45) is 0.784.